The van der Waals surface area contributed by atoms with E-state index in [1.165, 1.54) is 6.08 Å². The predicted octanol–water partition coefficient (Wildman–Crippen LogP) is 4.68. The molecular weight excluding hydrogens is 366 g/mol. The summed E-state index contributed by atoms with van der Waals surface area (Å²) in [6.07, 6.45) is 4.40. The van der Waals surface area contributed by atoms with Crippen molar-refractivity contribution >= 4 is 38.9 Å². The number of sulfonamides is 1. The molecule has 6 heteroatoms. The molecule has 0 spiro atoms. The number of anilines is 1. The Balaban J connectivity index is 1.69. The van der Waals surface area contributed by atoms with Crippen molar-refractivity contribution in [2.45, 2.75) is 0 Å². The fourth-order valence-corrected chi connectivity index (χ4v) is 3.85. The van der Waals surface area contributed by atoms with Crippen molar-refractivity contribution in [3.63, 3.8) is 0 Å². The molecule has 1 N–H and O–H groups in total. The highest BCUT2D eigenvalue weighted by Gasteiger charge is 2.05. The average Bonchev–Trinajstić information content (AvgIpc) is 3.09. The molecule has 3 aromatic rings. The first kappa shape index (κ1) is 18.1. The molecule has 0 amide bonds. The maximum atomic E-state index is 12.3. The van der Waals surface area contributed by atoms with E-state index in [1.807, 2.05) is 30.3 Å². The molecule has 0 fully saturated rings. The molecule has 0 unspecified atom stereocenters. The van der Waals surface area contributed by atoms with Gasteiger partial charge in [0, 0.05) is 21.0 Å². The van der Waals surface area contributed by atoms with Gasteiger partial charge in [-0.05, 0) is 54.1 Å². The summed E-state index contributed by atoms with van der Waals surface area (Å²) in [7, 11) is -3.32. The fraction of sp³-hybridized carbons (Fsp3) is 0.0500. The number of nitrogens with one attached hydrogen (secondary N) is 1. The molecule has 0 saturated heterocycles. The third-order valence-corrected chi connectivity index (χ3v) is 5.26. The lowest BCUT2D eigenvalue weighted by Crippen LogP contribution is -2.09. The molecule has 1 aromatic heterocycles. The first-order chi connectivity index (χ1) is 12.4. The zero-order valence-electron chi connectivity index (χ0n) is 14.0. The number of benzene rings is 2. The van der Waals surface area contributed by atoms with E-state index >= 15 is 0 Å². The van der Waals surface area contributed by atoms with E-state index in [-0.39, 0.29) is 5.78 Å². The van der Waals surface area contributed by atoms with E-state index in [2.05, 4.69) is 16.9 Å². The maximum Gasteiger partial charge on any atom is 0.229 e. The van der Waals surface area contributed by atoms with Gasteiger partial charge in [0.2, 0.25) is 10.0 Å². The highest BCUT2D eigenvalue weighted by Crippen LogP contribution is 2.28. The topological polar surface area (TPSA) is 63.2 Å². The second-order valence-corrected chi connectivity index (χ2v) is 8.58. The minimum atomic E-state index is -3.32. The molecule has 26 heavy (non-hydrogen) atoms. The molecule has 1 heterocycles. The molecule has 0 aliphatic carbocycles. The lowest BCUT2D eigenvalue weighted by molar-refractivity contribution is 0.104. The number of thiophene rings is 1. The molecule has 0 radical (unpaired) electrons. The van der Waals surface area contributed by atoms with E-state index < -0.39 is 10.0 Å². The maximum absolute atomic E-state index is 12.3. The summed E-state index contributed by atoms with van der Waals surface area (Å²) in [4.78, 5) is 14.4. The van der Waals surface area contributed by atoms with Crippen LogP contribution in [0.5, 0.6) is 0 Å². The SMILES string of the molecule is CS(=O)(=O)Nc1ccc(C(=O)C=Cc2ccc(-c3ccccc3)s2)cc1. The van der Waals surface area contributed by atoms with Crippen molar-refractivity contribution in [1.82, 2.24) is 0 Å². The molecule has 4 nitrogen and oxygen atoms in total. The zero-order valence-corrected chi connectivity index (χ0v) is 15.7. The van der Waals surface area contributed by atoms with Gasteiger partial charge in [0.25, 0.3) is 0 Å². The van der Waals surface area contributed by atoms with Crippen LogP contribution >= 0.6 is 11.3 Å². The predicted molar refractivity (Wildman–Crippen MR) is 108 cm³/mol. The van der Waals surface area contributed by atoms with Crippen LogP contribution in [0.4, 0.5) is 5.69 Å². The van der Waals surface area contributed by atoms with Crippen LogP contribution in [-0.2, 0) is 10.0 Å². The van der Waals surface area contributed by atoms with Gasteiger partial charge < -0.3 is 0 Å². The monoisotopic (exact) mass is 383 g/mol. The highest BCUT2D eigenvalue weighted by molar-refractivity contribution is 7.92. The second-order valence-electron chi connectivity index (χ2n) is 5.72. The van der Waals surface area contributed by atoms with Gasteiger partial charge in [0.05, 0.1) is 6.26 Å². The van der Waals surface area contributed by atoms with Crippen LogP contribution in [0.15, 0.2) is 72.8 Å². The van der Waals surface area contributed by atoms with Gasteiger partial charge >= 0.3 is 0 Å². The first-order valence-electron chi connectivity index (χ1n) is 7.86. The number of allylic oxidation sites excluding steroid dienone is 1. The molecule has 3 rings (SSSR count). The van der Waals surface area contributed by atoms with E-state index in [9.17, 15) is 13.2 Å². The summed E-state index contributed by atoms with van der Waals surface area (Å²) in [5.74, 6) is -0.134. The molecule has 0 atom stereocenters. The lowest BCUT2D eigenvalue weighted by atomic mass is 10.1. The van der Waals surface area contributed by atoms with Gasteiger partial charge in [-0.25, -0.2) is 8.42 Å². The number of carbonyl (C=O) groups is 1. The Morgan fingerprint density at radius 2 is 1.65 bits per heavy atom. The summed E-state index contributed by atoms with van der Waals surface area (Å²) in [5.41, 5.74) is 2.08. The number of ketones is 1. The Hall–Kier alpha value is -2.70. The Morgan fingerprint density at radius 1 is 0.962 bits per heavy atom. The molecule has 0 bridgehead atoms. The lowest BCUT2D eigenvalue weighted by Gasteiger charge is -2.03. The third-order valence-electron chi connectivity index (χ3n) is 3.56. The standard InChI is InChI=1S/C20H17NO3S2/c1-26(23,24)21-17-9-7-15(8-10-17)19(22)13-11-18-12-14-20(25-18)16-5-3-2-4-6-16/h2-14,21H,1H3. The summed E-state index contributed by atoms with van der Waals surface area (Å²) >= 11 is 1.62. The summed E-state index contributed by atoms with van der Waals surface area (Å²) in [6, 6.07) is 20.4. The minimum absolute atomic E-state index is 0.134. The van der Waals surface area contributed by atoms with Crippen LogP contribution in [0.3, 0.4) is 0 Å². The Bertz CT molecular complexity index is 1030. The van der Waals surface area contributed by atoms with Gasteiger partial charge in [-0.2, -0.15) is 0 Å². The van der Waals surface area contributed by atoms with Gasteiger partial charge in [-0.15, -0.1) is 11.3 Å². The van der Waals surface area contributed by atoms with Crippen LogP contribution in [0, 0.1) is 0 Å². The number of carbonyl (C=O) groups excluding carboxylic acids is 1. The van der Waals surface area contributed by atoms with Crippen molar-refractivity contribution < 1.29 is 13.2 Å². The Morgan fingerprint density at radius 3 is 2.31 bits per heavy atom. The summed E-state index contributed by atoms with van der Waals surface area (Å²) in [5, 5.41) is 0. The quantitative estimate of drug-likeness (QED) is 0.496. The molecule has 2 aromatic carbocycles. The first-order valence-corrected chi connectivity index (χ1v) is 10.6. The molecule has 0 aliphatic rings. The number of rotatable bonds is 6. The van der Waals surface area contributed by atoms with E-state index in [0.29, 0.717) is 11.3 Å². The van der Waals surface area contributed by atoms with Crippen LogP contribution in [-0.4, -0.2) is 20.5 Å². The van der Waals surface area contributed by atoms with Crippen LogP contribution in [0.2, 0.25) is 0 Å². The van der Waals surface area contributed by atoms with Gasteiger partial charge in [0.15, 0.2) is 5.78 Å². The van der Waals surface area contributed by atoms with Crippen LogP contribution in [0.1, 0.15) is 15.2 Å². The van der Waals surface area contributed by atoms with Crippen molar-refractivity contribution in [1.29, 1.82) is 0 Å². The molecule has 132 valence electrons. The normalized spacial score (nSPS) is 11.6. The van der Waals surface area contributed by atoms with E-state index in [1.54, 1.807) is 41.7 Å². The average molecular weight is 383 g/mol. The van der Waals surface area contributed by atoms with Crippen LogP contribution < -0.4 is 4.72 Å². The fourth-order valence-electron chi connectivity index (χ4n) is 2.37. The van der Waals surface area contributed by atoms with Gasteiger partial charge in [0.1, 0.15) is 0 Å². The van der Waals surface area contributed by atoms with Crippen molar-refractivity contribution in [3.8, 4) is 10.4 Å². The largest absolute Gasteiger partial charge is 0.289 e. The number of hydrogen-bond donors (Lipinski definition) is 1. The third kappa shape index (κ3) is 4.91. The molecule has 0 aliphatic heterocycles. The van der Waals surface area contributed by atoms with Crippen LogP contribution in [0.25, 0.3) is 16.5 Å². The van der Waals surface area contributed by atoms with Gasteiger partial charge in [-0.3, -0.25) is 9.52 Å². The Kier molecular flexibility index (Phi) is 5.35. The highest BCUT2D eigenvalue weighted by atomic mass is 32.2. The minimum Gasteiger partial charge on any atom is -0.289 e. The Labute approximate surface area is 156 Å². The van der Waals surface area contributed by atoms with E-state index in [0.717, 1.165) is 21.6 Å². The van der Waals surface area contributed by atoms with Crippen molar-refractivity contribution in [3.05, 3.63) is 83.2 Å². The van der Waals surface area contributed by atoms with Crippen molar-refractivity contribution in [2.75, 3.05) is 11.0 Å². The summed E-state index contributed by atoms with van der Waals surface area (Å²) < 4.78 is 24.8. The smallest absolute Gasteiger partial charge is 0.229 e. The van der Waals surface area contributed by atoms with Crippen molar-refractivity contribution in [2.24, 2.45) is 0 Å². The van der Waals surface area contributed by atoms with E-state index in [4.69, 9.17) is 0 Å². The second kappa shape index (κ2) is 7.68. The molecule has 0 saturated carbocycles. The zero-order chi connectivity index (χ0) is 18.6. The molecular formula is C20H17NO3S2. The number of hydrogen-bond acceptors (Lipinski definition) is 4. The van der Waals surface area contributed by atoms with Gasteiger partial charge in [-0.1, -0.05) is 30.3 Å². The summed E-state index contributed by atoms with van der Waals surface area (Å²) in [6.45, 7) is 0.